The maximum Gasteiger partial charge on any atom is 0.215 e. The summed E-state index contributed by atoms with van der Waals surface area (Å²) in [6.07, 6.45) is 0. The van der Waals surface area contributed by atoms with E-state index in [1.807, 2.05) is 24.3 Å². The first-order valence-electron chi connectivity index (χ1n) is 4.43. The van der Waals surface area contributed by atoms with E-state index in [2.05, 4.69) is 25.8 Å². The molecule has 0 saturated heterocycles. The molecule has 0 atom stereocenters. The summed E-state index contributed by atoms with van der Waals surface area (Å²) in [6.45, 7) is 0. The second-order valence-corrected chi connectivity index (χ2v) is 3.52. The van der Waals surface area contributed by atoms with Crippen molar-refractivity contribution in [2.45, 2.75) is 0 Å². The molecule has 1 aromatic heterocycles. The van der Waals surface area contributed by atoms with Crippen molar-refractivity contribution in [3.05, 3.63) is 29.0 Å². The van der Waals surface area contributed by atoms with Gasteiger partial charge in [-0.15, -0.1) is 0 Å². The minimum atomic E-state index is 0.363. The number of hydrogen-bond donors (Lipinski definition) is 3. The molecule has 15 heavy (non-hydrogen) atoms. The van der Waals surface area contributed by atoms with Crippen molar-refractivity contribution in [3.8, 4) is 0 Å². The van der Waals surface area contributed by atoms with Crippen molar-refractivity contribution < 1.29 is 0 Å². The summed E-state index contributed by atoms with van der Waals surface area (Å²) in [5, 5.41) is 13.0. The molecule has 3 N–H and O–H groups in total. The van der Waals surface area contributed by atoms with Gasteiger partial charge in [-0.3, -0.25) is 0 Å². The van der Waals surface area contributed by atoms with Crippen LogP contribution in [0.15, 0.2) is 24.3 Å². The van der Waals surface area contributed by atoms with E-state index in [0.29, 0.717) is 16.4 Å². The fraction of sp³-hybridized carbons (Fsp3) is 0. The van der Waals surface area contributed by atoms with E-state index in [1.165, 1.54) is 0 Å². The monoisotopic (exact) mass is 217 g/mol. The van der Waals surface area contributed by atoms with Gasteiger partial charge < -0.3 is 10.6 Å². The standard InChI is InChI=1S/C9H7N5S/c15-9-12-7-8(13-14-9)11-6-4-2-1-3-5(6)10-7/h1-4H,(H,11,13)(H2,10,12,14,15). The number of aromatic nitrogens is 3. The number of rotatable bonds is 0. The smallest absolute Gasteiger partial charge is 0.215 e. The average Bonchev–Trinajstić information content (AvgIpc) is 2.26. The van der Waals surface area contributed by atoms with Crippen LogP contribution in [0.2, 0.25) is 0 Å². The maximum atomic E-state index is 4.90. The lowest BCUT2D eigenvalue weighted by atomic mass is 10.2. The van der Waals surface area contributed by atoms with Crippen molar-refractivity contribution in [1.82, 2.24) is 15.2 Å². The van der Waals surface area contributed by atoms with Crippen LogP contribution in [0.3, 0.4) is 0 Å². The maximum absolute atomic E-state index is 4.90. The minimum absolute atomic E-state index is 0.363. The van der Waals surface area contributed by atoms with Crippen LogP contribution in [0.5, 0.6) is 0 Å². The summed E-state index contributed by atoms with van der Waals surface area (Å²) >= 11 is 4.90. The van der Waals surface area contributed by atoms with Gasteiger partial charge >= 0.3 is 0 Å². The lowest BCUT2D eigenvalue weighted by Gasteiger charge is -2.19. The summed E-state index contributed by atoms with van der Waals surface area (Å²) in [7, 11) is 0. The molecule has 2 aromatic rings. The van der Waals surface area contributed by atoms with Crippen LogP contribution in [0.1, 0.15) is 0 Å². The molecule has 0 fully saturated rings. The first kappa shape index (κ1) is 8.37. The Morgan fingerprint density at radius 1 is 1.00 bits per heavy atom. The molecule has 0 spiro atoms. The number of anilines is 4. The van der Waals surface area contributed by atoms with Crippen molar-refractivity contribution in [3.63, 3.8) is 0 Å². The van der Waals surface area contributed by atoms with E-state index >= 15 is 0 Å². The molecule has 6 heteroatoms. The van der Waals surface area contributed by atoms with Gasteiger partial charge in [0.05, 0.1) is 11.4 Å². The Morgan fingerprint density at radius 3 is 2.40 bits per heavy atom. The molecule has 1 aliphatic rings. The highest BCUT2D eigenvalue weighted by atomic mass is 32.1. The quantitative estimate of drug-likeness (QED) is 0.504. The number of nitrogens with zero attached hydrogens (tertiary/aromatic N) is 2. The van der Waals surface area contributed by atoms with Gasteiger partial charge in [0.25, 0.3) is 0 Å². The molecule has 0 amide bonds. The van der Waals surface area contributed by atoms with E-state index in [9.17, 15) is 0 Å². The summed E-state index contributed by atoms with van der Waals surface area (Å²) < 4.78 is 0.363. The van der Waals surface area contributed by atoms with Crippen LogP contribution in [0.25, 0.3) is 0 Å². The number of fused-ring (bicyclic) bond motifs is 2. The number of aromatic amines is 1. The van der Waals surface area contributed by atoms with Crippen LogP contribution in [-0.2, 0) is 0 Å². The van der Waals surface area contributed by atoms with Gasteiger partial charge in [-0.2, -0.15) is 10.1 Å². The molecular formula is C9H7N5S. The van der Waals surface area contributed by atoms with E-state index in [0.717, 1.165) is 11.4 Å². The third kappa shape index (κ3) is 1.35. The molecule has 0 aliphatic carbocycles. The van der Waals surface area contributed by atoms with Gasteiger partial charge in [-0.1, -0.05) is 12.1 Å². The lowest BCUT2D eigenvalue weighted by Crippen LogP contribution is -2.10. The average molecular weight is 217 g/mol. The van der Waals surface area contributed by atoms with Crippen LogP contribution >= 0.6 is 12.2 Å². The van der Waals surface area contributed by atoms with Crippen LogP contribution in [0.4, 0.5) is 23.0 Å². The molecule has 2 heterocycles. The van der Waals surface area contributed by atoms with Gasteiger partial charge in [0.2, 0.25) is 4.77 Å². The van der Waals surface area contributed by atoms with Crippen LogP contribution in [0, 0.1) is 4.77 Å². The summed E-state index contributed by atoms with van der Waals surface area (Å²) in [5.74, 6) is 1.31. The Hall–Kier alpha value is -1.95. The summed E-state index contributed by atoms with van der Waals surface area (Å²) in [5.41, 5.74) is 1.95. The highest BCUT2D eigenvalue weighted by molar-refractivity contribution is 7.71. The number of benzene rings is 1. The van der Waals surface area contributed by atoms with Crippen LogP contribution in [-0.4, -0.2) is 15.2 Å². The van der Waals surface area contributed by atoms with Crippen molar-refractivity contribution in [1.29, 1.82) is 0 Å². The Bertz CT molecular complexity index is 577. The Labute approximate surface area is 90.6 Å². The number of hydrogen-bond acceptors (Lipinski definition) is 5. The van der Waals surface area contributed by atoms with Crippen molar-refractivity contribution >= 4 is 35.2 Å². The van der Waals surface area contributed by atoms with E-state index in [1.54, 1.807) is 0 Å². The predicted molar refractivity (Wildman–Crippen MR) is 60.2 cm³/mol. The molecular weight excluding hydrogens is 210 g/mol. The van der Waals surface area contributed by atoms with Gasteiger partial charge in [-0.25, -0.2) is 5.10 Å². The molecule has 0 radical (unpaired) electrons. The second kappa shape index (κ2) is 3.03. The molecule has 0 saturated carbocycles. The van der Waals surface area contributed by atoms with Crippen LogP contribution < -0.4 is 10.6 Å². The fourth-order valence-electron chi connectivity index (χ4n) is 1.47. The molecule has 0 unspecified atom stereocenters. The number of para-hydroxylation sites is 2. The van der Waals surface area contributed by atoms with Crippen molar-refractivity contribution in [2.75, 3.05) is 10.6 Å². The van der Waals surface area contributed by atoms with E-state index in [-0.39, 0.29) is 0 Å². The first-order chi connectivity index (χ1) is 7.33. The Morgan fingerprint density at radius 2 is 1.67 bits per heavy atom. The SMILES string of the molecule is S=c1nc2c(n[nH]1)Nc1ccccc1N2. The summed E-state index contributed by atoms with van der Waals surface area (Å²) in [6, 6.07) is 7.84. The fourth-order valence-corrected chi connectivity index (χ4v) is 1.60. The molecule has 0 bridgehead atoms. The van der Waals surface area contributed by atoms with Gasteiger partial charge in [0.15, 0.2) is 11.6 Å². The minimum Gasteiger partial charge on any atom is -0.335 e. The van der Waals surface area contributed by atoms with E-state index in [4.69, 9.17) is 12.2 Å². The molecule has 1 aromatic carbocycles. The molecule has 3 rings (SSSR count). The first-order valence-corrected chi connectivity index (χ1v) is 4.83. The zero-order chi connectivity index (χ0) is 10.3. The number of nitrogens with one attached hydrogen (secondary N) is 3. The molecule has 1 aliphatic heterocycles. The second-order valence-electron chi connectivity index (χ2n) is 3.13. The zero-order valence-corrected chi connectivity index (χ0v) is 8.43. The van der Waals surface area contributed by atoms with Crippen molar-refractivity contribution in [2.24, 2.45) is 0 Å². The largest absolute Gasteiger partial charge is 0.335 e. The highest BCUT2D eigenvalue weighted by Crippen LogP contribution is 2.34. The van der Waals surface area contributed by atoms with Gasteiger partial charge in [0, 0.05) is 0 Å². The highest BCUT2D eigenvalue weighted by Gasteiger charge is 2.15. The Kier molecular flexibility index (Phi) is 1.69. The third-order valence-electron chi connectivity index (χ3n) is 2.13. The third-order valence-corrected chi connectivity index (χ3v) is 2.32. The normalized spacial score (nSPS) is 12.0. The van der Waals surface area contributed by atoms with Gasteiger partial charge in [-0.05, 0) is 24.4 Å². The Balaban J connectivity index is 2.15. The predicted octanol–water partition coefficient (Wildman–Crippen LogP) is 2.33. The zero-order valence-electron chi connectivity index (χ0n) is 7.61. The van der Waals surface area contributed by atoms with Gasteiger partial charge in [0.1, 0.15) is 0 Å². The lowest BCUT2D eigenvalue weighted by molar-refractivity contribution is 0.956. The topological polar surface area (TPSA) is 65.6 Å². The molecule has 74 valence electrons. The molecule has 5 nitrogen and oxygen atoms in total. The number of H-pyrrole nitrogens is 1. The van der Waals surface area contributed by atoms with E-state index < -0.39 is 0 Å². The summed E-state index contributed by atoms with van der Waals surface area (Å²) in [4.78, 5) is 4.14.